The zero-order valence-corrected chi connectivity index (χ0v) is 11.0. The first-order chi connectivity index (χ1) is 9.06. The predicted octanol–water partition coefficient (Wildman–Crippen LogP) is 3.07. The van der Waals surface area contributed by atoms with Gasteiger partial charge >= 0.3 is 5.97 Å². The first kappa shape index (κ1) is 13.4. The number of carboxylic acids is 1. The molecule has 6 heteroatoms. The summed E-state index contributed by atoms with van der Waals surface area (Å²) in [6.07, 6.45) is 2.22. The molecule has 0 aliphatic rings. The van der Waals surface area contributed by atoms with Crippen LogP contribution in [0.3, 0.4) is 0 Å². The number of halogens is 1. The molecule has 0 amide bonds. The Morgan fingerprint density at radius 1 is 1.53 bits per heavy atom. The van der Waals surface area contributed by atoms with Gasteiger partial charge in [0.1, 0.15) is 22.3 Å². The fourth-order valence-electron chi connectivity index (χ4n) is 1.73. The van der Waals surface area contributed by atoms with Gasteiger partial charge in [-0.15, -0.1) is 0 Å². The van der Waals surface area contributed by atoms with Gasteiger partial charge < -0.3 is 14.8 Å². The predicted molar refractivity (Wildman–Crippen MR) is 71.7 cm³/mol. The van der Waals surface area contributed by atoms with E-state index in [1.54, 1.807) is 6.26 Å². The van der Waals surface area contributed by atoms with Crippen molar-refractivity contribution < 1.29 is 14.3 Å². The summed E-state index contributed by atoms with van der Waals surface area (Å²) in [7, 11) is 0. The van der Waals surface area contributed by atoms with Crippen molar-refractivity contribution in [3.05, 3.63) is 47.0 Å². The molecule has 0 aliphatic heterocycles. The molecular weight excluding hydrogens is 268 g/mol. The molecule has 19 heavy (non-hydrogen) atoms. The fourth-order valence-corrected chi connectivity index (χ4v) is 1.88. The van der Waals surface area contributed by atoms with Crippen molar-refractivity contribution >= 4 is 23.4 Å². The van der Waals surface area contributed by atoms with Crippen molar-refractivity contribution in [1.29, 1.82) is 0 Å². The minimum atomic E-state index is -1.04. The van der Waals surface area contributed by atoms with Crippen molar-refractivity contribution in [2.75, 3.05) is 5.32 Å². The number of carbonyl (C=O) groups is 1. The Labute approximate surface area is 115 Å². The van der Waals surface area contributed by atoms with Crippen molar-refractivity contribution in [2.24, 2.45) is 0 Å². The Balaban J connectivity index is 2.13. The highest BCUT2D eigenvalue weighted by atomic mass is 35.5. The van der Waals surface area contributed by atoms with E-state index in [0.29, 0.717) is 6.42 Å². The summed E-state index contributed by atoms with van der Waals surface area (Å²) >= 11 is 5.79. The first-order valence-corrected chi connectivity index (χ1v) is 6.13. The molecule has 1 unspecified atom stereocenters. The molecule has 0 saturated carbocycles. The van der Waals surface area contributed by atoms with Crippen LogP contribution in [-0.4, -0.2) is 22.1 Å². The quantitative estimate of drug-likeness (QED) is 0.823. The monoisotopic (exact) mass is 280 g/mol. The second kappa shape index (κ2) is 5.75. The molecular formula is C13H13ClN2O3. The maximum atomic E-state index is 11.1. The number of rotatable bonds is 5. The lowest BCUT2D eigenvalue weighted by Gasteiger charge is -2.15. The van der Waals surface area contributed by atoms with E-state index < -0.39 is 5.97 Å². The lowest BCUT2D eigenvalue weighted by Crippen LogP contribution is -2.20. The number of anilines is 1. The third-order valence-corrected chi connectivity index (χ3v) is 2.77. The van der Waals surface area contributed by atoms with Gasteiger partial charge in [0.2, 0.25) is 0 Å². The molecule has 2 heterocycles. The van der Waals surface area contributed by atoms with Gasteiger partial charge in [0.25, 0.3) is 0 Å². The van der Waals surface area contributed by atoms with Gasteiger partial charge in [0, 0.05) is 12.5 Å². The molecule has 0 saturated heterocycles. The Hall–Kier alpha value is -2.01. The number of carboxylic acid groups (broad SMARTS) is 1. The summed E-state index contributed by atoms with van der Waals surface area (Å²) in [5, 5.41) is 12.4. The average Bonchev–Trinajstić information content (AvgIpc) is 2.81. The smallest absolute Gasteiger partial charge is 0.339 e. The van der Waals surface area contributed by atoms with Gasteiger partial charge in [-0.1, -0.05) is 11.6 Å². The number of hydrogen-bond acceptors (Lipinski definition) is 4. The number of hydrogen-bond donors (Lipinski definition) is 2. The van der Waals surface area contributed by atoms with Gasteiger partial charge in [0.15, 0.2) is 0 Å². The summed E-state index contributed by atoms with van der Waals surface area (Å²) in [6.45, 7) is 1.91. The van der Waals surface area contributed by atoms with Gasteiger partial charge in [-0.3, -0.25) is 0 Å². The highest BCUT2D eigenvalue weighted by Crippen LogP contribution is 2.18. The SMILES string of the molecule is CC(Cc1ccco1)Nc1nc(Cl)ccc1C(=O)O. The van der Waals surface area contributed by atoms with E-state index in [9.17, 15) is 4.79 Å². The molecule has 2 N–H and O–H groups in total. The van der Waals surface area contributed by atoms with E-state index in [-0.39, 0.29) is 22.6 Å². The molecule has 0 aromatic carbocycles. The van der Waals surface area contributed by atoms with Crippen molar-refractivity contribution in [1.82, 2.24) is 4.98 Å². The van der Waals surface area contributed by atoms with E-state index >= 15 is 0 Å². The van der Waals surface area contributed by atoms with E-state index in [4.69, 9.17) is 21.1 Å². The Kier molecular flexibility index (Phi) is 4.06. The first-order valence-electron chi connectivity index (χ1n) is 5.75. The molecule has 2 rings (SSSR count). The zero-order valence-electron chi connectivity index (χ0n) is 10.3. The van der Waals surface area contributed by atoms with Crippen molar-refractivity contribution in [3.8, 4) is 0 Å². The minimum absolute atomic E-state index is 0.0322. The van der Waals surface area contributed by atoms with Crippen LogP contribution in [0, 0.1) is 0 Å². The number of furan rings is 1. The van der Waals surface area contributed by atoms with Crippen LogP contribution in [0.1, 0.15) is 23.0 Å². The van der Waals surface area contributed by atoms with Crippen LogP contribution in [0.15, 0.2) is 34.9 Å². The molecule has 5 nitrogen and oxygen atoms in total. The summed E-state index contributed by atoms with van der Waals surface area (Å²) in [5.41, 5.74) is 0.0932. The summed E-state index contributed by atoms with van der Waals surface area (Å²) in [4.78, 5) is 15.1. The molecule has 0 fully saturated rings. The third kappa shape index (κ3) is 3.48. The Morgan fingerprint density at radius 3 is 2.95 bits per heavy atom. The van der Waals surface area contributed by atoms with Crippen molar-refractivity contribution in [2.45, 2.75) is 19.4 Å². The molecule has 1 atom stereocenters. The third-order valence-electron chi connectivity index (χ3n) is 2.56. The van der Waals surface area contributed by atoms with Crippen LogP contribution in [0.4, 0.5) is 5.82 Å². The van der Waals surface area contributed by atoms with Crippen LogP contribution >= 0.6 is 11.6 Å². The Bertz CT molecular complexity index is 569. The second-order valence-electron chi connectivity index (χ2n) is 4.16. The van der Waals surface area contributed by atoms with Crippen LogP contribution in [0.5, 0.6) is 0 Å². The number of pyridine rings is 1. The number of nitrogens with one attached hydrogen (secondary N) is 1. The van der Waals surface area contributed by atoms with Crippen LogP contribution in [0.2, 0.25) is 5.15 Å². The van der Waals surface area contributed by atoms with Gasteiger partial charge in [0.05, 0.1) is 6.26 Å². The van der Waals surface area contributed by atoms with Gasteiger partial charge in [-0.05, 0) is 31.2 Å². The van der Waals surface area contributed by atoms with E-state index in [2.05, 4.69) is 10.3 Å². The Morgan fingerprint density at radius 2 is 2.32 bits per heavy atom. The largest absolute Gasteiger partial charge is 0.478 e. The lowest BCUT2D eigenvalue weighted by atomic mass is 10.2. The summed E-state index contributed by atoms with van der Waals surface area (Å²) in [5.74, 6) is 0.0369. The molecule has 0 radical (unpaired) electrons. The highest BCUT2D eigenvalue weighted by molar-refractivity contribution is 6.29. The van der Waals surface area contributed by atoms with E-state index in [1.165, 1.54) is 12.1 Å². The molecule has 100 valence electrons. The molecule has 0 aliphatic carbocycles. The molecule has 2 aromatic heterocycles. The number of aromatic nitrogens is 1. The number of nitrogens with zero attached hydrogens (tertiary/aromatic N) is 1. The lowest BCUT2D eigenvalue weighted by molar-refractivity contribution is 0.0697. The maximum Gasteiger partial charge on any atom is 0.339 e. The molecule has 0 spiro atoms. The van der Waals surface area contributed by atoms with E-state index in [1.807, 2.05) is 19.1 Å². The summed E-state index contributed by atoms with van der Waals surface area (Å²) < 4.78 is 5.24. The summed E-state index contributed by atoms with van der Waals surface area (Å²) in [6, 6.07) is 6.52. The standard InChI is InChI=1S/C13H13ClN2O3/c1-8(7-9-3-2-6-19-9)15-12-10(13(17)18)4-5-11(14)16-12/h2-6,8H,7H2,1H3,(H,15,16)(H,17,18). The maximum absolute atomic E-state index is 11.1. The second-order valence-corrected chi connectivity index (χ2v) is 4.55. The molecule has 2 aromatic rings. The molecule has 0 bridgehead atoms. The van der Waals surface area contributed by atoms with Gasteiger partial charge in [-0.2, -0.15) is 0 Å². The van der Waals surface area contributed by atoms with Crippen LogP contribution in [-0.2, 0) is 6.42 Å². The van der Waals surface area contributed by atoms with Crippen LogP contribution < -0.4 is 5.32 Å². The zero-order chi connectivity index (χ0) is 13.8. The van der Waals surface area contributed by atoms with Crippen molar-refractivity contribution in [3.63, 3.8) is 0 Å². The normalized spacial score (nSPS) is 12.1. The average molecular weight is 281 g/mol. The van der Waals surface area contributed by atoms with Crippen LogP contribution in [0.25, 0.3) is 0 Å². The number of aromatic carboxylic acids is 1. The topological polar surface area (TPSA) is 75.4 Å². The van der Waals surface area contributed by atoms with Gasteiger partial charge in [-0.25, -0.2) is 9.78 Å². The fraction of sp³-hybridized carbons (Fsp3) is 0.231. The van der Waals surface area contributed by atoms with E-state index in [0.717, 1.165) is 5.76 Å². The highest BCUT2D eigenvalue weighted by Gasteiger charge is 2.14. The minimum Gasteiger partial charge on any atom is -0.478 e.